The van der Waals surface area contributed by atoms with E-state index in [9.17, 15) is 20.1 Å². The number of carboxylic acid groups (broad SMARTS) is 1. The summed E-state index contributed by atoms with van der Waals surface area (Å²) in [5, 5.41) is 29.4. The van der Waals surface area contributed by atoms with E-state index in [1.54, 1.807) is 13.8 Å². The largest absolute Gasteiger partial charge is 1.00 e. The van der Waals surface area contributed by atoms with Crippen molar-refractivity contribution in [1.82, 2.24) is 4.90 Å². The van der Waals surface area contributed by atoms with Gasteiger partial charge in [0, 0.05) is 13.1 Å². The summed E-state index contributed by atoms with van der Waals surface area (Å²) in [7, 11) is 0. The molecule has 0 aromatic rings. The van der Waals surface area contributed by atoms with Gasteiger partial charge in [-0.1, -0.05) is 0 Å². The molecule has 16 heavy (non-hydrogen) atoms. The number of hydrogen-bond donors (Lipinski definition) is 2. The number of hydrogen-bond acceptors (Lipinski definition) is 5. The fraction of sp³-hybridized carbons (Fsp3) is 0.900. The summed E-state index contributed by atoms with van der Waals surface area (Å²) >= 11 is 0. The number of carbonyl (C=O) groups excluding carboxylic acids is 1. The number of carbonyl (C=O) groups is 1. The molecule has 0 saturated heterocycles. The standard InChI is InChI=1S/C10H21NO4.Na/c1-7(12)5-11(6-8(2)13)10(3,4)9(14)15;/h7-8,12-13H,5-6H2,1-4H3,(H,14,15);/q;+1/p-1. The Hall–Kier alpha value is 0.350. The van der Waals surface area contributed by atoms with E-state index < -0.39 is 23.7 Å². The first-order valence-electron chi connectivity index (χ1n) is 5.00. The van der Waals surface area contributed by atoms with Gasteiger partial charge < -0.3 is 20.1 Å². The van der Waals surface area contributed by atoms with Crippen LogP contribution in [0.5, 0.6) is 0 Å². The van der Waals surface area contributed by atoms with E-state index >= 15 is 0 Å². The molecule has 0 aliphatic heterocycles. The molecule has 0 aromatic heterocycles. The number of aliphatic hydroxyl groups is 2. The summed E-state index contributed by atoms with van der Waals surface area (Å²) in [5.41, 5.74) is -1.20. The van der Waals surface area contributed by atoms with E-state index in [1.807, 2.05) is 0 Å². The van der Waals surface area contributed by atoms with Gasteiger partial charge >= 0.3 is 29.6 Å². The van der Waals surface area contributed by atoms with E-state index in [-0.39, 0.29) is 42.6 Å². The molecule has 0 bridgehead atoms. The molecule has 2 atom stereocenters. The van der Waals surface area contributed by atoms with Crippen molar-refractivity contribution in [2.75, 3.05) is 13.1 Å². The van der Waals surface area contributed by atoms with Gasteiger partial charge in [0.05, 0.1) is 23.7 Å². The minimum atomic E-state index is -1.22. The number of aliphatic hydroxyl groups excluding tert-OH is 2. The second-order valence-corrected chi connectivity index (χ2v) is 4.45. The first kappa shape index (κ1) is 18.7. The van der Waals surface area contributed by atoms with Crippen molar-refractivity contribution in [1.29, 1.82) is 0 Å². The summed E-state index contributed by atoms with van der Waals surface area (Å²) in [6.07, 6.45) is -1.30. The molecular formula is C10H20NNaO4. The molecule has 0 aliphatic carbocycles. The van der Waals surface area contributed by atoms with Gasteiger partial charge in [-0.2, -0.15) is 0 Å². The van der Waals surface area contributed by atoms with Gasteiger partial charge in [-0.05, 0) is 27.7 Å². The van der Waals surface area contributed by atoms with Crippen LogP contribution in [0.25, 0.3) is 0 Å². The Morgan fingerprint density at radius 3 is 1.75 bits per heavy atom. The third-order valence-electron chi connectivity index (χ3n) is 2.26. The fourth-order valence-electron chi connectivity index (χ4n) is 1.30. The van der Waals surface area contributed by atoms with Gasteiger partial charge in [0.15, 0.2) is 0 Å². The quantitative estimate of drug-likeness (QED) is 0.459. The predicted octanol–water partition coefficient (Wildman–Crippen LogP) is -4.42. The van der Waals surface area contributed by atoms with Crippen LogP contribution in [0.4, 0.5) is 0 Å². The normalized spacial score (nSPS) is 15.4. The number of β-amino-alcohol motifs (C(OH)–C–C–N with tert-alkyl or cyclic N) is 2. The molecule has 6 heteroatoms. The Bertz CT molecular complexity index is 209. The van der Waals surface area contributed by atoms with Gasteiger partial charge in [-0.3, -0.25) is 4.90 Å². The van der Waals surface area contributed by atoms with Gasteiger partial charge in [0.1, 0.15) is 0 Å². The molecule has 0 saturated carbocycles. The molecular weight excluding hydrogens is 221 g/mol. The Kier molecular flexibility index (Phi) is 8.92. The number of nitrogens with zero attached hydrogens (tertiary/aromatic N) is 1. The van der Waals surface area contributed by atoms with E-state index in [4.69, 9.17) is 0 Å². The van der Waals surface area contributed by atoms with E-state index in [0.717, 1.165) is 0 Å². The van der Waals surface area contributed by atoms with Gasteiger partial charge in [0.2, 0.25) is 0 Å². The average molecular weight is 241 g/mol. The SMILES string of the molecule is CC(O)CN(CC(C)O)C(C)(C)C(=O)[O-].[Na+]. The van der Waals surface area contributed by atoms with Gasteiger partial charge in [-0.25, -0.2) is 0 Å². The Morgan fingerprint density at radius 2 is 1.56 bits per heavy atom. The van der Waals surface area contributed by atoms with Crippen molar-refractivity contribution in [2.24, 2.45) is 0 Å². The Balaban J connectivity index is 0. The summed E-state index contributed by atoms with van der Waals surface area (Å²) in [5.74, 6) is -1.22. The third-order valence-corrected chi connectivity index (χ3v) is 2.26. The van der Waals surface area contributed by atoms with Crippen LogP contribution in [0, 0.1) is 0 Å². The van der Waals surface area contributed by atoms with Crippen molar-refractivity contribution in [3.8, 4) is 0 Å². The zero-order valence-corrected chi connectivity index (χ0v) is 12.7. The molecule has 2 N–H and O–H groups in total. The maximum atomic E-state index is 10.9. The number of aliphatic carboxylic acids is 1. The first-order chi connectivity index (χ1) is 6.67. The van der Waals surface area contributed by atoms with Crippen LogP contribution in [0.1, 0.15) is 27.7 Å². The van der Waals surface area contributed by atoms with Crippen molar-refractivity contribution in [2.45, 2.75) is 45.4 Å². The van der Waals surface area contributed by atoms with Crippen LogP contribution in [0.3, 0.4) is 0 Å². The second-order valence-electron chi connectivity index (χ2n) is 4.45. The smallest absolute Gasteiger partial charge is 0.548 e. The predicted molar refractivity (Wildman–Crippen MR) is 54.0 cm³/mol. The van der Waals surface area contributed by atoms with Crippen LogP contribution in [-0.2, 0) is 4.79 Å². The molecule has 0 fully saturated rings. The van der Waals surface area contributed by atoms with E-state index in [0.29, 0.717) is 0 Å². The van der Waals surface area contributed by atoms with E-state index in [2.05, 4.69) is 0 Å². The molecule has 2 unspecified atom stereocenters. The Labute approximate surface area is 119 Å². The summed E-state index contributed by atoms with van der Waals surface area (Å²) in [6.45, 7) is 6.50. The van der Waals surface area contributed by atoms with Crippen LogP contribution < -0.4 is 34.7 Å². The van der Waals surface area contributed by atoms with Crippen LogP contribution in [0.2, 0.25) is 0 Å². The molecule has 5 nitrogen and oxygen atoms in total. The van der Waals surface area contributed by atoms with E-state index in [1.165, 1.54) is 18.7 Å². The first-order valence-corrected chi connectivity index (χ1v) is 5.00. The molecule has 0 amide bonds. The molecule has 90 valence electrons. The number of carboxylic acids is 1. The van der Waals surface area contributed by atoms with Crippen molar-refractivity contribution in [3.05, 3.63) is 0 Å². The zero-order chi connectivity index (χ0) is 12.2. The van der Waals surface area contributed by atoms with Crippen LogP contribution in [0.15, 0.2) is 0 Å². The summed E-state index contributed by atoms with van der Waals surface area (Å²) < 4.78 is 0. The Morgan fingerprint density at radius 1 is 1.25 bits per heavy atom. The molecule has 0 aromatic carbocycles. The molecule has 0 radical (unpaired) electrons. The minimum Gasteiger partial charge on any atom is -0.548 e. The van der Waals surface area contributed by atoms with Crippen LogP contribution in [-0.4, -0.2) is 51.9 Å². The van der Waals surface area contributed by atoms with Gasteiger partial charge in [-0.15, -0.1) is 0 Å². The maximum absolute atomic E-state index is 10.9. The molecule has 0 aliphatic rings. The molecule has 0 spiro atoms. The van der Waals surface area contributed by atoms with Crippen molar-refractivity contribution >= 4 is 5.97 Å². The maximum Gasteiger partial charge on any atom is 1.00 e. The summed E-state index contributed by atoms with van der Waals surface area (Å²) in [4.78, 5) is 12.4. The fourth-order valence-corrected chi connectivity index (χ4v) is 1.30. The zero-order valence-electron chi connectivity index (χ0n) is 10.7. The topological polar surface area (TPSA) is 83.8 Å². The molecule has 0 rings (SSSR count). The van der Waals surface area contributed by atoms with Crippen molar-refractivity contribution < 1.29 is 49.7 Å². The van der Waals surface area contributed by atoms with Crippen molar-refractivity contribution in [3.63, 3.8) is 0 Å². The van der Waals surface area contributed by atoms with Gasteiger partial charge in [0.25, 0.3) is 0 Å². The molecule has 0 heterocycles. The third kappa shape index (κ3) is 6.18. The summed E-state index contributed by atoms with van der Waals surface area (Å²) in [6, 6.07) is 0. The van der Waals surface area contributed by atoms with Crippen LogP contribution >= 0.6 is 0 Å². The number of rotatable bonds is 6. The minimum absolute atomic E-state index is 0. The monoisotopic (exact) mass is 241 g/mol. The second kappa shape index (κ2) is 7.63. The average Bonchev–Trinajstić information content (AvgIpc) is 2.00.